The number of piperazine rings is 1. The van der Waals surface area contributed by atoms with Crippen LogP contribution in [0, 0.1) is 11.3 Å². The number of aromatic amines is 1. The highest BCUT2D eigenvalue weighted by atomic mass is 16.6. The van der Waals surface area contributed by atoms with E-state index in [0.29, 0.717) is 50.8 Å². The highest BCUT2D eigenvalue weighted by Gasteiger charge is 2.28. The monoisotopic (exact) mass is 405 g/mol. The molecular formula is C20H19N7O3. The Morgan fingerprint density at radius 3 is 2.63 bits per heavy atom. The first kappa shape index (κ1) is 18.3. The average molecular weight is 405 g/mol. The lowest BCUT2D eigenvalue weighted by Gasteiger charge is -2.37. The fraction of sp³-hybridized carbons (Fsp3) is 0.350. The minimum absolute atomic E-state index is 0.113. The summed E-state index contributed by atoms with van der Waals surface area (Å²) in [5.41, 5.74) is 2.92. The van der Waals surface area contributed by atoms with Gasteiger partial charge in [0.1, 0.15) is 11.7 Å². The van der Waals surface area contributed by atoms with Gasteiger partial charge in [-0.05, 0) is 12.1 Å². The third-order valence-electron chi connectivity index (χ3n) is 5.28. The first-order valence-corrected chi connectivity index (χ1v) is 9.70. The van der Waals surface area contributed by atoms with Gasteiger partial charge >= 0.3 is 6.09 Å². The maximum atomic E-state index is 12.2. The van der Waals surface area contributed by atoms with E-state index in [2.05, 4.69) is 24.8 Å². The number of hydrogen-bond donors (Lipinski definition) is 1. The molecule has 3 aromatic heterocycles. The third-order valence-corrected chi connectivity index (χ3v) is 5.28. The van der Waals surface area contributed by atoms with Gasteiger partial charge in [0.2, 0.25) is 0 Å². The zero-order valence-corrected chi connectivity index (χ0v) is 16.1. The van der Waals surface area contributed by atoms with Crippen LogP contribution in [-0.2, 0) is 9.47 Å². The molecule has 0 radical (unpaired) electrons. The second kappa shape index (κ2) is 7.61. The van der Waals surface area contributed by atoms with Gasteiger partial charge < -0.3 is 24.3 Å². The van der Waals surface area contributed by atoms with Crippen LogP contribution in [0.3, 0.4) is 0 Å². The molecule has 152 valence electrons. The van der Waals surface area contributed by atoms with Gasteiger partial charge in [-0.25, -0.2) is 19.7 Å². The molecule has 0 spiro atoms. The van der Waals surface area contributed by atoms with Crippen molar-refractivity contribution in [3.05, 3.63) is 36.3 Å². The van der Waals surface area contributed by atoms with Crippen LogP contribution in [0.2, 0.25) is 0 Å². The standard InChI is InChI=1S/C20H19N7O3/c21-8-13-9-23-19(24-10-13)16-7-15-17(1-2-22-18(15)25-16)26-3-5-27(6-4-26)20(28)30-14-11-29-12-14/h1-2,7,9-10,14H,3-6,11-12H2,(H,22,25). The Hall–Kier alpha value is -3.71. The van der Waals surface area contributed by atoms with E-state index in [1.165, 1.54) is 12.4 Å². The lowest BCUT2D eigenvalue weighted by Crippen LogP contribution is -2.51. The Kier molecular flexibility index (Phi) is 4.65. The zero-order chi connectivity index (χ0) is 20.5. The van der Waals surface area contributed by atoms with E-state index in [-0.39, 0.29) is 12.2 Å². The van der Waals surface area contributed by atoms with Crippen LogP contribution in [0.15, 0.2) is 30.7 Å². The number of nitrogens with zero attached hydrogens (tertiary/aromatic N) is 6. The van der Waals surface area contributed by atoms with Crippen molar-refractivity contribution in [2.75, 3.05) is 44.3 Å². The van der Waals surface area contributed by atoms with Crippen LogP contribution in [0.5, 0.6) is 0 Å². The lowest BCUT2D eigenvalue weighted by atomic mass is 10.2. The van der Waals surface area contributed by atoms with Crippen molar-refractivity contribution in [1.29, 1.82) is 5.26 Å². The smallest absolute Gasteiger partial charge is 0.410 e. The van der Waals surface area contributed by atoms with E-state index in [4.69, 9.17) is 14.7 Å². The second-order valence-electron chi connectivity index (χ2n) is 7.20. The number of pyridine rings is 1. The quantitative estimate of drug-likeness (QED) is 0.697. The van der Waals surface area contributed by atoms with Gasteiger partial charge in [0.25, 0.3) is 0 Å². The van der Waals surface area contributed by atoms with Crippen LogP contribution in [0.1, 0.15) is 5.56 Å². The van der Waals surface area contributed by atoms with Gasteiger partial charge in [-0.15, -0.1) is 0 Å². The van der Waals surface area contributed by atoms with Crippen molar-refractivity contribution in [2.45, 2.75) is 6.10 Å². The highest BCUT2D eigenvalue weighted by Crippen LogP contribution is 2.29. The van der Waals surface area contributed by atoms with Crippen LogP contribution >= 0.6 is 0 Å². The molecule has 0 atom stereocenters. The van der Waals surface area contributed by atoms with Crippen LogP contribution < -0.4 is 4.90 Å². The van der Waals surface area contributed by atoms with Crippen molar-refractivity contribution < 1.29 is 14.3 Å². The molecule has 0 aliphatic carbocycles. The molecule has 2 fully saturated rings. The van der Waals surface area contributed by atoms with Crippen molar-refractivity contribution >= 4 is 22.8 Å². The summed E-state index contributed by atoms with van der Waals surface area (Å²) in [5.74, 6) is 0.505. The molecule has 5 heterocycles. The van der Waals surface area contributed by atoms with E-state index in [1.54, 1.807) is 11.1 Å². The number of anilines is 1. The molecule has 30 heavy (non-hydrogen) atoms. The van der Waals surface area contributed by atoms with E-state index in [9.17, 15) is 4.79 Å². The number of rotatable bonds is 3. The number of fused-ring (bicyclic) bond motifs is 1. The molecule has 2 aliphatic rings. The average Bonchev–Trinajstić information content (AvgIpc) is 3.21. The molecule has 5 rings (SSSR count). The SMILES string of the molecule is N#Cc1cnc(-c2cc3c(N4CCN(C(=O)OC5COC5)CC4)ccnc3[nH]2)nc1. The number of amides is 1. The number of carbonyl (C=O) groups is 1. The Bertz CT molecular complexity index is 1110. The van der Waals surface area contributed by atoms with Crippen LogP contribution in [0.4, 0.5) is 10.5 Å². The molecule has 2 saturated heterocycles. The van der Waals surface area contributed by atoms with E-state index in [1.807, 2.05) is 18.2 Å². The van der Waals surface area contributed by atoms with Crippen molar-refractivity contribution in [3.8, 4) is 17.6 Å². The molecule has 1 amide bonds. The maximum absolute atomic E-state index is 12.2. The third kappa shape index (κ3) is 3.40. The summed E-state index contributed by atoms with van der Waals surface area (Å²) >= 11 is 0. The number of hydrogen-bond acceptors (Lipinski definition) is 8. The Balaban J connectivity index is 1.33. The summed E-state index contributed by atoms with van der Waals surface area (Å²) in [6.45, 7) is 3.55. The Morgan fingerprint density at radius 2 is 1.97 bits per heavy atom. The van der Waals surface area contributed by atoms with Gasteiger partial charge in [-0.1, -0.05) is 0 Å². The second-order valence-corrected chi connectivity index (χ2v) is 7.20. The normalized spacial score (nSPS) is 16.9. The largest absolute Gasteiger partial charge is 0.441 e. The minimum Gasteiger partial charge on any atom is -0.441 e. The number of ether oxygens (including phenoxy) is 2. The van der Waals surface area contributed by atoms with Gasteiger partial charge in [0, 0.05) is 55.8 Å². The van der Waals surface area contributed by atoms with E-state index >= 15 is 0 Å². The topological polar surface area (TPSA) is 120 Å². The van der Waals surface area contributed by atoms with E-state index < -0.39 is 0 Å². The Morgan fingerprint density at radius 1 is 1.20 bits per heavy atom. The Labute approximate surface area is 172 Å². The predicted molar refractivity (Wildman–Crippen MR) is 107 cm³/mol. The number of nitriles is 1. The first-order valence-electron chi connectivity index (χ1n) is 9.70. The fourth-order valence-corrected chi connectivity index (χ4v) is 3.56. The number of carbonyl (C=O) groups excluding carboxylic acids is 1. The minimum atomic E-state index is -0.273. The maximum Gasteiger partial charge on any atom is 0.410 e. The molecule has 0 bridgehead atoms. The van der Waals surface area contributed by atoms with Gasteiger partial charge in [0.15, 0.2) is 11.9 Å². The molecular weight excluding hydrogens is 386 g/mol. The number of aromatic nitrogens is 4. The van der Waals surface area contributed by atoms with Gasteiger partial charge in [-0.3, -0.25) is 0 Å². The summed E-state index contributed by atoms with van der Waals surface area (Å²) in [4.78, 5) is 32.4. The van der Waals surface area contributed by atoms with Crippen molar-refractivity contribution in [3.63, 3.8) is 0 Å². The first-order chi connectivity index (χ1) is 14.7. The number of H-pyrrole nitrogens is 1. The van der Waals surface area contributed by atoms with Crippen molar-refractivity contribution in [1.82, 2.24) is 24.8 Å². The molecule has 10 nitrogen and oxygen atoms in total. The van der Waals surface area contributed by atoms with Gasteiger partial charge in [0.05, 0.1) is 24.5 Å². The highest BCUT2D eigenvalue weighted by molar-refractivity contribution is 5.93. The van der Waals surface area contributed by atoms with Crippen LogP contribution in [-0.4, -0.2) is 76.4 Å². The number of nitrogens with one attached hydrogen (secondary N) is 1. The summed E-state index contributed by atoms with van der Waals surface area (Å²) in [7, 11) is 0. The lowest BCUT2D eigenvalue weighted by molar-refractivity contribution is -0.104. The van der Waals surface area contributed by atoms with E-state index in [0.717, 1.165) is 22.4 Å². The molecule has 2 aliphatic heterocycles. The molecule has 0 unspecified atom stereocenters. The molecule has 0 saturated carbocycles. The zero-order valence-electron chi connectivity index (χ0n) is 16.1. The summed E-state index contributed by atoms with van der Waals surface area (Å²) in [6, 6.07) is 5.96. The molecule has 0 aromatic carbocycles. The molecule has 3 aromatic rings. The van der Waals surface area contributed by atoms with Gasteiger partial charge in [-0.2, -0.15) is 5.26 Å². The predicted octanol–water partition coefficient (Wildman–Crippen LogP) is 1.55. The summed E-state index contributed by atoms with van der Waals surface area (Å²) in [6.07, 6.45) is 4.36. The molecule has 1 N–H and O–H groups in total. The summed E-state index contributed by atoms with van der Waals surface area (Å²) in [5, 5.41) is 9.88. The van der Waals surface area contributed by atoms with Crippen LogP contribution in [0.25, 0.3) is 22.6 Å². The fourth-order valence-electron chi connectivity index (χ4n) is 3.56. The molecule has 10 heteroatoms. The van der Waals surface area contributed by atoms with Crippen molar-refractivity contribution in [2.24, 2.45) is 0 Å². The summed E-state index contributed by atoms with van der Waals surface area (Å²) < 4.78 is 10.4.